The van der Waals surface area contributed by atoms with Crippen LogP contribution in [-0.4, -0.2) is 53.0 Å². The van der Waals surface area contributed by atoms with Crippen LogP contribution in [0.4, 0.5) is 10.1 Å². The summed E-state index contributed by atoms with van der Waals surface area (Å²) < 4.78 is 13.7. The maximum absolute atomic E-state index is 13.7. The van der Waals surface area contributed by atoms with Gasteiger partial charge in [-0.25, -0.2) is 4.39 Å². The summed E-state index contributed by atoms with van der Waals surface area (Å²) in [5.41, 5.74) is -2.42. The zero-order valence-electron chi connectivity index (χ0n) is 18.2. The fraction of sp³-hybridized carbons (Fsp3) is 0.375. The number of para-hydroxylation sites is 1. The van der Waals surface area contributed by atoms with E-state index < -0.39 is 28.6 Å². The largest absolute Gasteiger partial charge is 0.371 e. The molecule has 2 aromatic rings. The number of nitrogens with zero attached hydrogens (tertiary/aromatic N) is 2. The van der Waals surface area contributed by atoms with Crippen LogP contribution < -0.4 is 10.2 Å². The highest BCUT2D eigenvalue weighted by Crippen LogP contribution is 2.49. The molecule has 2 aliphatic rings. The Bertz CT molecular complexity index is 1070. The van der Waals surface area contributed by atoms with Gasteiger partial charge in [-0.05, 0) is 48.7 Å². The second-order valence-electron chi connectivity index (χ2n) is 8.68. The highest BCUT2D eigenvalue weighted by atomic mass is 35.5. The molecule has 0 unspecified atom stereocenters. The van der Waals surface area contributed by atoms with Gasteiger partial charge in [0.15, 0.2) is 0 Å². The van der Waals surface area contributed by atoms with Gasteiger partial charge in [0, 0.05) is 49.2 Å². The second-order valence-corrected chi connectivity index (χ2v) is 9.12. The predicted molar refractivity (Wildman–Crippen MR) is 121 cm³/mol. The van der Waals surface area contributed by atoms with E-state index >= 15 is 0 Å². The first kappa shape index (κ1) is 23.2. The molecule has 2 N–H and O–H groups in total. The molecule has 0 bridgehead atoms. The van der Waals surface area contributed by atoms with E-state index in [9.17, 15) is 23.9 Å². The molecule has 2 saturated heterocycles. The maximum Gasteiger partial charge on any atom is 0.269 e. The number of hydrogen-bond donors (Lipinski definition) is 2. The fourth-order valence-corrected chi connectivity index (χ4v) is 5.10. The van der Waals surface area contributed by atoms with Crippen molar-refractivity contribution < 1.29 is 23.9 Å². The lowest BCUT2D eigenvalue weighted by Gasteiger charge is -2.44. The molecule has 0 aromatic heterocycles. The predicted octanol–water partition coefficient (Wildman–Crippen LogP) is 2.50. The summed E-state index contributed by atoms with van der Waals surface area (Å²) in [5, 5.41) is 14.5. The van der Waals surface area contributed by atoms with E-state index in [1.807, 2.05) is 6.07 Å². The second kappa shape index (κ2) is 8.76. The van der Waals surface area contributed by atoms with E-state index in [1.54, 1.807) is 29.2 Å². The normalized spacial score (nSPS) is 22.0. The highest BCUT2D eigenvalue weighted by molar-refractivity contribution is 6.30. The molecule has 174 valence electrons. The molecule has 4 rings (SSSR count). The summed E-state index contributed by atoms with van der Waals surface area (Å²) in [6.45, 7) is 2.18. The van der Waals surface area contributed by atoms with Crippen LogP contribution >= 0.6 is 11.6 Å². The van der Waals surface area contributed by atoms with E-state index in [1.165, 1.54) is 24.0 Å². The Kier molecular flexibility index (Phi) is 6.16. The number of hydrogen-bond acceptors (Lipinski definition) is 4. The third-order valence-electron chi connectivity index (χ3n) is 6.72. The van der Waals surface area contributed by atoms with E-state index in [0.29, 0.717) is 24.3 Å². The summed E-state index contributed by atoms with van der Waals surface area (Å²) in [4.78, 5) is 41.8. The number of piperidine rings is 1. The zero-order valence-corrected chi connectivity index (χ0v) is 18.9. The number of nitrogens with one attached hydrogen (secondary N) is 1. The number of amides is 3. The minimum absolute atomic E-state index is 0.0925. The van der Waals surface area contributed by atoms with Crippen LogP contribution in [0.5, 0.6) is 0 Å². The number of carbonyl (C=O) groups excluding carboxylic acids is 3. The Morgan fingerprint density at radius 1 is 1.15 bits per heavy atom. The van der Waals surface area contributed by atoms with Crippen molar-refractivity contribution in [3.8, 4) is 0 Å². The smallest absolute Gasteiger partial charge is 0.269 e. The first-order valence-electron chi connectivity index (χ1n) is 10.7. The lowest BCUT2D eigenvalue weighted by molar-refractivity contribution is -0.165. The molecule has 2 aromatic carbocycles. The van der Waals surface area contributed by atoms with Crippen LogP contribution in [0.3, 0.4) is 0 Å². The molecular formula is C24H25ClFN3O4. The van der Waals surface area contributed by atoms with E-state index in [0.717, 1.165) is 6.07 Å². The van der Waals surface area contributed by atoms with Crippen molar-refractivity contribution in [2.24, 2.45) is 5.41 Å². The maximum atomic E-state index is 13.7. The Morgan fingerprint density at radius 3 is 2.42 bits per heavy atom. The summed E-state index contributed by atoms with van der Waals surface area (Å²) in [6.07, 6.45) is 0.578. The molecule has 2 fully saturated rings. The number of halogens is 2. The van der Waals surface area contributed by atoms with Gasteiger partial charge < -0.3 is 20.2 Å². The van der Waals surface area contributed by atoms with Crippen molar-refractivity contribution in [1.82, 2.24) is 10.2 Å². The third-order valence-corrected chi connectivity index (χ3v) is 6.94. The van der Waals surface area contributed by atoms with Crippen LogP contribution in [0.2, 0.25) is 5.02 Å². The lowest BCUT2D eigenvalue weighted by Crippen LogP contribution is -2.63. The summed E-state index contributed by atoms with van der Waals surface area (Å²) in [5.74, 6) is -2.20. The van der Waals surface area contributed by atoms with Gasteiger partial charge in [0.05, 0.1) is 0 Å². The highest BCUT2D eigenvalue weighted by Gasteiger charge is 2.68. The molecule has 0 saturated carbocycles. The first-order valence-corrected chi connectivity index (χ1v) is 11.1. The molecule has 2 aliphatic heterocycles. The lowest BCUT2D eigenvalue weighted by atomic mass is 9.67. The molecule has 3 amide bonds. The first-order chi connectivity index (χ1) is 15.7. The molecule has 0 radical (unpaired) electrons. The number of rotatable bonds is 4. The Labute approximate surface area is 196 Å². The topological polar surface area (TPSA) is 90.0 Å². The van der Waals surface area contributed by atoms with E-state index in [2.05, 4.69) is 5.32 Å². The fourth-order valence-electron chi connectivity index (χ4n) is 4.86. The number of anilines is 1. The van der Waals surface area contributed by atoms with Crippen LogP contribution in [0, 0.1) is 11.2 Å². The van der Waals surface area contributed by atoms with Gasteiger partial charge in [0.25, 0.3) is 11.8 Å². The molecule has 1 atom stereocenters. The van der Waals surface area contributed by atoms with Gasteiger partial charge in [-0.15, -0.1) is 0 Å². The van der Waals surface area contributed by atoms with Crippen molar-refractivity contribution in [3.63, 3.8) is 0 Å². The van der Waals surface area contributed by atoms with Gasteiger partial charge in [-0.2, -0.15) is 0 Å². The van der Waals surface area contributed by atoms with Gasteiger partial charge in [0.2, 0.25) is 11.5 Å². The van der Waals surface area contributed by atoms with E-state index in [4.69, 9.17) is 11.6 Å². The zero-order chi connectivity index (χ0) is 23.8. The molecule has 0 aliphatic carbocycles. The van der Waals surface area contributed by atoms with Gasteiger partial charge >= 0.3 is 0 Å². The van der Waals surface area contributed by atoms with Crippen molar-refractivity contribution in [3.05, 3.63) is 64.9 Å². The van der Waals surface area contributed by atoms with Crippen LogP contribution in [0.15, 0.2) is 48.5 Å². The number of aliphatic hydroxyl groups is 1. The minimum Gasteiger partial charge on any atom is -0.371 e. The number of benzene rings is 2. The molecule has 7 nitrogen and oxygen atoms in total. The van der Waals surface area contributed by atoms with Crippen LogP contribution in [0.25, 0.3) is 0 Å². The van der Waals surface area contributed by atoms with E-state index in [-0.39, 0.29) is 36.9 Å². The van der Waals surface area contributed by atoms with Crippen molar-refractivity contribution in [2.45, 2.75) is 31.9 Å². The standard InChI is InChI=1S/C24H25ClFN3O4/c1-16(30)28-9-7-23(8-10-28)15-29(20-5-3-2-4-6-20)22(32)24(23,33)21(31)27-14-17-11-18(25)13-19(26)12-17/h2-6,11-13,33H,7-10,14-15H2,1H3,(H,27,31)/t24-/m0/s1. The van der Waals surface area contributed by atoms with Crippen molar-refractivity contribution in [1.29, 1.82) is 0 Å². The number of carbonyl (C=O) groups is 3. The molecule has 1 spiro atoms. The van der Waals surface area contributed by atoms with Gasteiger partial charge in [0.1, 0.15) is 5.82 Å². The Balaban J connectivity index is 1.64. The van der Waals surface area contributed by atoms with Gasteiger partial charge in [-0.3, -0.25) is 14.4 Å². The average Bonchev–Trinajstić information content (AvgIpc) is 3.00. The number of likely N-dealkylation sites (tertiary alicyclic amines) is 1. The summed E-state index contributed by atoms with van der Waals surface area (Å²) in [7, 11) is 0. The van der Waals surface area contributed by atoms with Crippen molar-refractivity contribution in [2.75, 3.05) is 24.5 Å². The summed E-state index contributed by atoms with van der Waals surface area (Å²) in [6, 6.07) is 12.7. The summed E-state index contributed by atoms with van der Waals surface area (Å²) >= 11 is 5.89. The van der Waals surface area contributed by atoms with Crippen LogP contribution in [-0.2, 0) is 20.9 Å². The van der Waals surface area contributed by atoms with Crippen molar-refractivity contribution >= 4 is 35.0 Å². The van der Waals surface area contributed by atoms with Crippen LogP contribution in [0.1, 0.15) is 25.3 Å². The molecule has 9 heteroatoms. The Morgan fingerprint density at radius 2 is 1.82 bits per heavy atom. The van der Waals surface area contributed by atoms with Gasteiger partial charge in [-0.1, -0.05) is 29.8 Å². The average molecular weight is 474 g/mol. The molecular weight excluding hydrogens is 449 g/mol. The molecule has 2 heterocycles. The Hall–Kier alpha value is -2.97. The SMILES string of the molecule is CC(=O)N1CCC2(CC1)CN(c1ccccc1)C(=O)[C@@]2(O)C(=O)NCc1cc(F)cc(Cl)c1. The minimum atomic E-state index is -2.33. The quantitative estimate of drug-likeness (QED) is 0.668. The monoisotopic (exact) mass is 473 g/mol. The third kappa shape index (κ3) is 4.09. The molecule has 33 heavy (non-hydrogen) atoms.